The van der Waals surface area contributed by atoms with Crippen LogP contribution in [0.3, 0.4) is 0 Å². The average molecular weight is 610 g/mol. The topological polar surface area (TPSA) is 111 Å². The van der Waals surface area contributed by atoms with Gasteiger partial charge in [0.05, 0.1) is 12.1 Å². The van der Waals surface area contributed by atoms with Crippen LogP contribution < -0.4 is 16.0 Å². The number of amides is 4. The summed E-state index contributed by atoms with van der Waals surface area (Å²) in [5.74, 6) is -1.03. The van der Waals surface area contributed by atoms with E-state index < -0.39 is 23.7 Å². The van der Waals surface area contributed by atoms with Crippen molar-refractivity contribution in [2.75, 3.05) is 26.7 Å². The molecule has 2 heterocycles. The minimum Gasteiger partial charge on any atom is -0.343 e. The SMILES string of the molecule is CNC(C)C(=O)N1CCC2(C(=O)NC(c3ccccc3)c3ccccc3)CCCN2C(=O)C(NC(=O)CCc2ccccc2)C1. The molecule has 5 rings (SSSR count). The number of fused-ring (bicyclic) bond motifs is 1. The summed E-state index contributed by atoms with van der Waals surface area (Å²) < 4.78 is 0. The van der Waals surface area contributed by atoms with Gasteiger partial charge in [0.2, 0.25) is 23.6 Å². The Bertz CT molecular complexity index is 1430. The Labute approximate surface area is 265 Å². The van der Waals surface area contributed by atoms with Crippen molar-refractivity contribution in [2.24, 2.45) is 0 Å². The van der Waals surface area contributed by atoms with E-state index in [9.17, 15) is 19.2 Å². The molecule has 45 heavy (non-hydrogen) atoms. The molecule has 0 bridgehead atoms. The van der Waals surface area contributed by atoms with Crippen molar-refractivity contribution >= 4 is 23.6 Å². The predicted molar refractivity (Wildman–Crippen MR) is 173 cm³/mol. The highest BCUT2D eigenvalue weighted by atomic mass is 16.2. The van der Waals surface area contributed by atoms with Gasteiger partial charge in [0, 0.05) is 26.1 Å². The molecule has 2 fully saturated rings. The zero-order valence-electron chi connectivity index (χ0n) is 26.1. The molecule has 3 atom stereocenters. The molecule has 3 aromatic carbocycles. The monoisotopic (exact) mass is 609 g/mol. The van der Waals surface area contributed by atoms with Crippen LogP contribution in [0, 0.1) is 0 Å². The second-order valence-electron chi connectivity index (χ2n) is 12.0. The lowest BCUT2D eigenvalue weighted by molar-refractivity contribution is -0.152. The van der Waals surface area contributed by atoms with Gasteiger partial charge < -0.3 is 25.8 Å². The van der Waals surface area contributed by atoms with Crippen molar-refractivity contribution in [1.29, 1.82) is 0 Å². The van der Waals surface area contributed by atoms with Gasteiger partial charge in [-0.1, -0.05) is 91.0 Å². The van der Waals surface area contributed by atoms with Gasteiger partial charge >= 0.3 is 0 Å². The molecular weight excluding hydrogens is 566 g/mol. The Morgan fingerprint density at radius 3 is 2.07 bits per heavy atom. The van der Waals surface area contributed by atoms with Crippen molar-refractivity contribution in [1.82, 2.24) is 25.8 Å². The lowest BCUT2D eigenvalue weighted by atomic mass is 9.87. The van der Waals surface area contributed by atoms with Crippen LogP contribution in [-0.4, -0.2) is 77.7 Å². The van der Waals surface area contributed by atoms with E-state index in [1.807, 2.05) is 91.0 Å². The molecule has 0 spiro atoms. The molecule has 9 nitrogen and oxygen atoms in total. The normalized spacial score (nSPS) is 20.6. The number of nitrogens with zero attached hydrogens (tertiary/aromatic N) is 2. The molecule has 3 unspecified atom stereocenters. The van der Waals surface area contributed by atoms with Crippen molar-refractivity contribution < 1.29 is 19.2 Å². The van der Waals surface area contributed by atoms with Gasteiger partial charge in [-0.2, -0.15) is 0 Å². The molecule has 0 aromatic heterocycles. The van der Waals surface area contributed by atoms with Crippen LogP contribution in [-0.2, 0) is 25.6 Å². The second-order valence-corrected chi connectivity index (χ2v) is 12.0. The number of hydrogen-bond acceptors (Lipinski definition) is 5. The number of nitrogens with one attached hydrogen (secondary N) is 3. The molecule has 4 amide bonds. The van der Waals surface area contributed by atoms with Crippen LogP contribution in [0.15, 0.2) is 91.0 Å². The largest absolute Gasteiger partial charge is 0.343 e. The molecule has 3 N–H and O–H groups in total. The Morgan fingerprint density at radius 1 is 0.867 bits per heavy atom. The predicted octanol–water partition coefficient (Wildman–Crippen LogP) is 3.21. The van der Waals surface area contributed by atoms with Gasteiger partial charge in [0.25, 0.3) is 0 Å². The van der Waals surface area contributed by atoms with E-state index in [2.05, 4.69) is 16.0 Å². The molecule has 3 aromatic rings. The second kappa shape index (κ2) is 14.5. The zero-order chi connectivity index (χ0) is 31.8. The maximum absolute atomic E-state index is 14.5. The first-order chi connectivity index (χ1) is 21.8. The number of hydrogen-bond donors (Lipinski definition) is 3. The molecule has 9 heteroatoms. The molecule has 236 valence electrons. The highest BCUT2D eigenvalue weighted by Gasteiger charge is 2.53. The molecule has 0 saturated carbocycles. The van der Waals surface area contributed by atoms with Crippen LogP contribution in [0.2, 0.25) is 0 Å². The Morgan fingerprint density at radius 2 is 1.47 bits per heavy atom. The van der Waals surface area contributed by atoms with E-state index in [0.29, 0.717) is 32.2 Å². The van der Waals surface area contributed by atoms with Gasteiger partial charge in [-0.25, -0.2) is 0 Å². The highest BCUT2D eigenvalue weighted by molar-refractivity contribution is 5.96. The minimum atomic E-state index is -1.16. The smallest absolute Gasteiger partial charge is 0.247 e. The molecule has 2 aliphatic rings. The Hall–Kier alpha value is -4.50. The van der Waals surface area contributed by atoms with Crippen molar-refractivity contribution in [2.45, 2.75) is 62.7 Å². The fourth-order valence-electron chi connectivity index (χ4n) is 6.50. The van der Waals surface area contributed by atoms with E-state index in [1.165, 1.54) is 0 Å². The van der Waals surface area contributed by atoms with Crippen LogP contribution in [0.4, 0.5) is 0 Å². The van der Waals surface area contributed by atoms with Gasteiger partial charge in [0.1, 0.15) is 11.6 Å². The van der Waals surface area contributed by atoms with Crippen LogP contribution >= 0.6 is 0 Å². The lowest BCUT2D eigenvalue weighted by Gasteiger charge is -2.44. The number of carbonyl (C=O) groups is 4. The Balaban J connectivity index is 1.43. The average Bonchev–Trinajstić information content (AvgIpc) is 3.51. The number of likely N-dealkylation sites (N-methyl/N-ethyl adjacent to an activating group) is 1. The van der Waals surface area contributed by atoms with Crippen LogP contribution in [0.1, 0.15) is 55.3 Å². The highest BCUT2D eigenvalue weighted by Crippen LogP contribution is 2.36. The summed E-state index contributed by atoms with van der Waals surface area (Å²) >= 11 is 0. The van der Waals surface area contributed by atoms with Gasteiger partial charge in [-0.05, 0) is 56.3 Å². The van der Waals surface area contributed by atoms with Crippen LogP contribution in [0.5, 0.6) is 0 Å². The van der Waals surface area contributed by atoms with Crippen molar-refractivity contribution in [3.05, 3.63) is 108 Å². The summed E-state index contributed by atoms with van der Waals surface area (Å²) in [5.41, 5.74) is 1.72. The fraction of sp³-hybridized carbons (Fsp3) is 0.389. The maximum atomic E-state index is 14.5. The summed E-state index contributed by atoms with van der Waals surface area (Å²) in [6.45, 7) is 2.50. The zero-order valence-corrected chi connectivity index (χ0v) is 26.1. The van der Waals surface area contributed by atoms with E-state index in [4.69, 9.17) is 0 Å². The Kier molecular flexibility index (Phi) is 10.3. The van der Waals surface area contributed by atoms with Gasteiger partial charge in [-0.15, -0.1) is 0 Å². The van der Waals surface area contributed by atoms with Crippen LogP contribution in [0.25, 0.3) is 0 Å². The third kappa shape index (κ3) is 7.26. The quantitative estimate of drug-likeness (QED) is 0.327. The summed E-state index contributed by atoms with van der Waals surface area (Å²) in [4.78, 5) is 58.8. The molecule has 0 aliphatic carbocycles. The van der Waals surface area contributed by atoms with E-state index in [1.54, 1.807) is 23.8 Å². The first-order valence-corrected chi connectivity index (χ1v) is 15.8. The third-order valence-corrected chi connectivity index (χ3v) is 9.15. The summed E-state index contributed by atoms with van der Waals surface area (Å²) in [6.07, 6.45) is 2.16. The molecular formula is C36H43N5O4. The maximum Gasteiger partial charge on any atom is 0.247 e. The number of benzene rings is 3. The van der Waals surface area contributed by atoms with Gasteiger partial charge in [-0.3, -0.25) is 19.2 Å². The third-order valence-electron chi connectivity index (χ3n) is 9.15. The summed E-state index contributed by atoms with van der Waals surface area (Å²) in [5, 5.41) is 9.21. The standard InChI is InChI=1S/C36H43N5O4/c1-26(37-2)33(43)40-24-22-36(35(45)39-32(28-15-8-4-9-16-28)29-17-10-5-11-18-29)21-12-23-41(36)34(44)30(25-40)38-31(42)20-19-27-13-6-3-7-14-27/h3-11,13-18,26,30,32,37H,12,19-25H2,1-2H3,(H,38,42)(H,39,45). The summed E-state index contributed by atoms with van der Waals surface area (Å²) in [7, 11) is 1.71. The first kappa shape index (κ1) is 31.9. The van der Waals surface area contributed by atoms with Crippen molar-refractivity contribution in [3.63, 3.8) is 0 Å². The lowest BCUT2D eigenvalue weighted by Crippen LogP contribution is -2.66. The van der Waals surface area contributed by atoms with E-state index in [-0.39, 0.29) is 43.1 Å². The van der Waals surface area contributed by atoms with Crippen molar-refractivity contribution in [3.8, 4) is 0 Å². The van der Waals surface area contributed by atoms with Gasteiger partial charge in [0.15, 0.2) is 0 Å². The number of rotatable bonds is 10. The first-order valence-electron chi connectivity index (χ1n) is 15.8. The number of carbonyl (C=O) groups excluding carboxylic acids is 4. The minimum absolute atomic E-state index is 0.0472. The van der Waals surface area contributed by atoms with E-state index in [0.717, 1.165) is 16.7 Å². The molecule has 2 aliphatic heterocycles. The fourth-order valence-corrected chi connectivity index (χ4v) is 6.50. The number of aryl methyl sites for hydroxylation is 1. The summed E-state index contributed by atoms with van der Waals surface area (Å²) in [6, 6.07) is 27.4. The molecule has 0 radical (unpaired) electrons. The van der Waals surface area contributed by atoms with E-state index >= 15 is 0 Å². The molecule has 2 saturated heterocycles.